The average molecular weight is 259 g/mol. The Kier molecular flexibility index (Phi) is 3.29. The molecule has 1 aromatic rings. The molecule has 2 unspecified atom stereocenters. The fourth-order valence-electron chi connectivity index (χ4n) is 3.29. The molecule has 0 aromatic heterocycles. The van der Waals surface area contributed by atoms with Gasteiger partial charge in [-0.15, -0.1) is 0 Å². The van der Waals surface area contributed by atoms with Gasteiger partial charge in [0, 0.05) is 32.2 Å². The Morgan fingerprint density at radius 3 is 2.89 bits per heavy atom. The van der Waals surface area contributed by atoms with Crippen molar-refractivity contribution in [2.24, 2.45) is 5.73 Å². The van der Waals surface area contributed by atoms with Crippen LogP contribution in [-0.2, 0) is 11.3 Å². The molecule has 4 nitrogen and oxygen atoms in total. The third kappa shape index (κ3) is 2.15. The number of likely N-dealkylation sites (tertiary alicyclic amines) is 1. The van der Waals surface area contributed by atoms with Gasteiger partial charge in [0.25, 0.3) is 0 Å². The van der Waals surface area contributed by atoms with Gasteiger partial charge in [0.2, 0.25) is 5.91 Å². The Bertz CT molecular complexity index is 488. The molecular weight excluding hydrogens is 238 g/mol. The third-order valence-electron chi connectivity index (χ3n) is 4.35. The normalized spacial score (nSPS) is 27.7. The van der Waals surface area contributed by atoms with E-state index in [1.807, 2.05) is 24.0 Å². The molecule has 0 spiro atoms. The first-order valence-corrected chi connectivity index (χ1v) is 7.07. The Morgan fingerprint density at radius 1 is 1.37 bits per heavy atom. The summed E-state index contributed by atoms with van der Waals surface area (Å²) in [6, 6.07) is 8.36. The molecule has 0 radical (unpaired) electrons. The highest BCUT2D eigenvalue weighted by molar-refractivity contribution is 5.84. The fourth-order valence-corrected chi connectivity index (χ4v) is 3.29. The van der Waals surface area contributed by atoms with Crippen molar-refractivity contribution in [3.8, 4) is 0 Å². The molecule has 1 aromatic carbocycles. The summed E-state index contributed by atoms with van der Waals surface area (Å²) in [4.78, 5) is 16.5. The van der Waals surface area contributed by atoms with Crippen molar-refractivity contribution < 1.29 is 4.79 Å². The van der Waals surface area contributed by atoms with Crippen molar-refractivity contribution in [1.82, 2.24) is 9.80 Å². The highest BCUT2D eigenvalue weighted by atomic mass is 16.2. The smallest absolute Gasteiger partial charge is 0.239 e. The number of rotatable bonds is 2. The highest BCUT2D eigenvalue weighted by Crippen LogP contribution is 2.29. The summed E-state index contributed by atoms with van der Waals surface area (Å²) in [7, 11) is 0. The predicted molar refractivity (Wildman–Crippen MR) is 74.4 cm³/mol. The molecule has 1 saturated heterocycles. The van der Waals surface area contributed by atoms with Crippen LogP contribution < -0.4 is 5.73 Å². The van der Waals surface area contributed by atoms with Crippen molar-refractivity contribution >= 4 is 5.91 Å². The first-order valence-electron chi connectivity index (χ1n) is 7.07. The highest BCUT2D eigenvalue weighted by Gasteiger charge is 2.37. The zero-order valence-corrected chi connectivity index (χ0v) is 11.4. The fraction of sp³-hybridized carbons (Fsp3) is 0.533. The van der Waals surface area contributed by atoms with Crippen LogP contribution in [0.25, 0.3) is 0 Å². The van der Waals surface area contributed by atoms with E-state index in [4.69, 9.17) is 5.73 Å². The Hall–Kier alpha value is -1.39. The minimum atomic E-state index is 0.0217. The molecule has 2 N–H and O–H groups in total. The van der Waals surface area contributed by atoms with Crippen LogP contribution in [0.1, 0.15) is 30.5 Å². The summed E-state index contributed by atoms with van der Waals surface area (Å²) in [5.74, 6) is 0.272. The van der Waals surface area contributed by atoms with Gasteiger partial charge in [0.1, 0.15) is 0 Å². The van der Waals surface area contributed by atoms with Gasteiger partial charge in [-0.1, -0.05) is 24.3 Å². The second-order valence-corrected chi connectivity index (χ2v) is 5.46. The quantitative estimate of drug-likeness (QED) is 0.866. The number of likely N-dealkylation sites (N-methyl/N-ethyl adjacent to an activating group) is 1. The van der Waals surface area contributed by atoms with E-state index in [0.29, 0.717) is 0 Å². The molecular formula is C15H21N3O. The second kappa shape index (κ2) is 4.94. The Balaban J connectivity index is 1.80. The second-order valence-electron chi connectivity index (χ2n) is 5.46. The zero-order chi connectivity index (χ0) is 13.4. The lowest BCUT2D eigenvalue weighted by molar-refractivity contribution is -0.132. The zero-order valence-electron chi connectivity index (χ0n) is 11.4. The molecule has 1 amide bonds. The van der Waals surface area contributed by atoms with Crippen LogP contribution in [0, 0.1) is 0 Å². The van der Waals surface area contributed by atoms with Crippen LogP contribution in [0.2, 0.25) is 0 Å². The van der Waals surface area contributed by atoms with Gasteiger partial charge in [-0.2, -0.15) is 0 Å². The number of nitrogens with two attached hydrogens (primary N) is 1. The number of nitrogens with zero attached hydrogens (tertiary/aromatic N) is 2. The summed E-state index contributed by atoms with van der Waals surface area (Å²) < 4.78 is 0. The molecule has 1 fully saturated rings. The topological polar surface area (TPSA) is 49.6 Å². The molecule has 19 heavy (non-hydrogen) atoms. The first kappa shape index (κ1) is 12.6. The van der Waals surface area contributed by atoms with Crippen molar-refractivity contribution in [3.63, 3.8) is 0 Å². The van der Waals surface area contributed by atoms with Crippen molar-refractivity contribution in [2.45, 2.75) is 32.0 Å². The Labute approximate surface area is 114 Å². The number of carbonyl (C=O) groups excluding carboxylic acids is 1. The van der Waals surface area contributed by atoms with Gasteiger partial charge in [0.05, 0.1) is 6.04 Å². The summed E-state index contributed by atoms with van der Waals surface area (Å²) in [6.45, 7) is 5.36. The molecule has 2 aliphatic rings. The maximum absolute atomic E-state index is 12.3. The molecule has 2 atom stereocenters. The molecule has 2 aliphatic heterocycles. The summed E-state index contributed by atoms with van der Waals surface area (Å²) in [5, 5.41) is 0. The first-order chi connectivity index (χ1) is 9.20. The lowest BCUT2D eigenvalue weighted by atomic mass is 9.94. The van der Waals surface area contributed by atoms with Gasteiger partial charge >= 0.3 is 0 Å². The molecule has 0 saturated carbocycles. The molecule has 0 bridgehead atoms. The predicted octanol–water partition coefficient (Wildman–Crippen LogP) is 1.12. The van der Waals surface area contributed by atoms with E-state index in [2.05, 4.69) is 17.0 Å². The van der Waals surface area contributed by atoms with Crippen molar-refractivity contribution in [1.29, 1.82) is 0 Å². The number of benzene rings is 1. The molecule has 2 heterocycles. The van der Waals surface area contributed by atoms with E-state index in [-0.39, 0.29) is 18.0 Å². The van der Waals surface area contributed by atoms with Gasteiger partial charge in [0.15, 0.2) is 0 Å². The van der Waals surface area contributed by atoms with Crippen LogP contribution in [0.15, 0.2) is 24.3 Å². The lowest BCUT2D eigenvalue weighted by Gasteiger charge is -2.35. The van der Waals surface area contributed by atoms with Crippen LogP contribution in [0.4, 0.5) is 0 Å². The van der Waals surface area contributed by atoms with Crippen molar-refractivity contribution in [3.05, 3.63) is 35.4 Å². The van der Waals surface area contributed by atoms with E-state index >= 15 is 0 Å². The number of fused-ring (bicyclic) bond motifs is 1. The van der Waals surface area contributed by atoms with E-state index < -0.39 is 0 Å². The van der Waals surface area contributed by atoms with Gasteiger partial charge in [-0.3, -0.25) is 9.69 Å². The van der Waals surface area contributed by atoms with Gasteiger partial charge in [-0.25, -0.2) is 0 Å². The van der Waals surface area contributed by atoms with Crippen LogP contribution in [0.5, 0.6) is 0 Å². The number of hydrogen-bond acceptors (Lipinski definition) is 3. The molecule has 4 heteroatoms. The van der Waals surface area contributed by atoms with Crippen LogP contribution in [0.3, 0.4) is 0 Å². The van der Waals surface area contributed by atoms with Crippen molar-refractivity contribution in [2.75, 3.05) is 19.6 Å². The van der Waals surface area contributed by atoms with E-state index in [1.165, 1.54) is 11.1 Å². The number of hydrogen-bond donors (Lipinski definition) is 1. The maximum atomic E-state index is 12.3. The van der Waals surface area contributed by atoms with E-state index in [0.717, 1.165) is 32.6 Å². The lowest BCUT2D eigenvalue weighted by Crippen LogP contribution is -2.46. The molecule has 0 aliphatic carbocycles. The van der Waals surface area contributed by atoms with Gasteiger partial charge in [-0.05, 0) is 24.5 Å². The molecule has 3 rings (SSSR count). The van der Waals surface area contributed by atoms with E-state index in [9.17, 15) is 4.79 Å². The third-order valence-corrected chi connectivity index (χ3v) is 4.35. The average Bonchev–Trinajstić information content (AvgIpc) is 2.80. The summed E-state index contributed by atoms with van der Waals surface area (Å²) >= 11 is 0. The largest absolute Gasteiger partial charge is 0.342 e. The Morgan fingerprint density at radius 2 is 2.16 bits per heavy atom. The minimum absolute atomic E-state index is 0.0217. The van der Waals surface area contributed by atoms with E-state index in [1.54, 1.807) is 0 Å². The molecule has 102 valence electrons. The summed E-state index contributed by atoms with van der Waals surface area (Å²) in [6.07, 6.45) is 0.932. The standard InChI is InChI=1S/C15H21N3O/c1-2-17-8-7-14(15(17)19)18-9-11-5-3-4-6-12(11)13(16)10-18/h3-6,13-14H,2,7-10,16H2,1H3. The SMILES string of the molecule is CCN1CCC(N2Cc3ccccc3C(N)C2)C1=O. The minimum Gasteiger partial charge on any atom is -0.342 e. The van der Waals surface area contributed by atoms with Crippen LogP contribution in [-0.4, -0.2) is 41.4 Å². The van der Waals surface area contributed by atoms with Crippen LogP contribution >= 0.6 is 0 Å². The summed E-state index contributed by atoms with van der Waals surface area (Å²) in [5.41, 5.74) is 8.75. The monoisotopic (exact) mass is 259 g/mol. The number of amides is 1. The number of carbonyl (C=O) groups is 1. The maximum Gasteiger partial charge on any atom is 0.239 e. The van der Waals surface area contributed by atoms with Gasteiger partial charge < -0.3 is 10.6 Å².